The molecule has 2 aliphatic rings. The Kier molecular flexibility index (Phi) is 3.85. The zero-order chi connectivity index (χ0) is 13.2. The largest absolute Gasteiger partial charge is 0.486 e. The van der Waals surface area contributed by atoms with Crippen molar-refractivity contribution >= 4 is 11.6 Å². The molecule has 0 bridgehead atoms. The molecular weight excluding hydrogens is 262 g/mol. The fourth-order valence-corrected chi connectivity index (χ4v) is 3.26. The van der Waals surface area contributed by atoms with E-state index >= 15 is 0 Å². The van der Waals surface area contributed by atoms with Gasteiger partial charge in [0.1, 0.15) is 13.2 Å². The van der Waals surface area contributed by atoms with Gasteiger partial charge in [-0.2, -0.15) is 0 Å². The van der Waals surface area contributed by atoms with Gasteiger partial charge in [-0.1, -0.05) is 18.0 Å². The van der Waals surface area contributed by atoms with E-state index in [2.05, 4.69) is 12.2 Å². The molecule has 0 spiro atoms. The van der Waals surface area contributed by atoms with Crippen molar-refractivity contribution in [3.63, 3.8) is 0 Å². The molecule has 1 fully saturated rings. The first kappa shape index (κ1) is 13.1. The Morgan fingerprint density at radius 1 is 1.32 bits per heavy atom. The molecule has 1 aromatic rings. The number of nitrogens with one attached hydrogen (secondary N) is 1. The van der Waals surface area contributed by atoms with Crippen molar-refractivity contribution in [2.24, 2.45) is 0 Å². The minimum absolute atomic E-state index is 0.535. The second-order valence-corrected chi connectivity index (χ2v) is 5.74. The molecule has 1 N–H and O–H groups in total. The molecule has 0 saturated carbocycles. The van der Waals surface area contributed by atoms with E-state index in [0.29, 0.717) is 19.3 Å². The Labute approximate surface area is 119 Å². The van der Waals surface area contributed by atoms with Crippen molar-refractivity contribution in [3.05, 3.63) is 22.2 Å². The standard InChI is InChI=1S/C15H20ClNO2/c1-10-12(8-11-4-2-3-5-17-11)13(16)9-14-15(10)19-7-6-18-14/h9,11,17H,2-8H2,1H3. The molecule has 4 heteroatoms. The Balaban J connectivity index is 1.87. The zero-order valence-electron chi connectivity index (χ0n) is 11.3. The summed E-state index contributed by atoms with van der Waals surface area (Å²) in [5.74, 6) is 1.66. The van der Waals surface area contributed by atoms with Crippen LogP contribution in [0.1, 0.15) is 30.4 Å². The Bertz CT molecular complexity index is 470. The molecule has 19 heavy (non-hydrogen) atoms. The van der Waals surface area contributed by atoms with Crippen molar-refractivity contribution in [2.45, 2.75) is 38.6 Å². The maximum Gasteiger partial charge on any atom is 0.164 e. The van der Waals surface area contributed by atoms with E-state index in [9.17, 15) is 0 Å². The molecule has 0 amide bonds. The van der Waals surface area contributed by atoms with Crippen LogP contribution in [0.3, 0.4) is 0 Å². The number of piperidine rings is 1. The number of rotatable bonds is 2. The monoisotopic (exact) mass is 281 g/mol. The van der Waals surface area contributed by atoms with Crippen LogP contribution in [-0.2, 0) is 6.42 Å². The fourth-order valence-electron chi connectivity index (χ4n) is 2.95. The minimum atomic E-state index is 0.535. The number of benzene rings is 1. The molecule has 1 atom stereocenters. The van der Waals surface area contributed by atoms with E-state index in [-0.39, 0.29) is 0 Å². The molecule has 3 rings (SSSR count). The molecule has 2 aliphatic heterocycles. The molecule has 0 aliphatic carbocycles. The van der Waals surface area contributed by atoms with Crippen LogP contribution in [-0.4, -0.2) is 25.8 Å². The Hall–Kier alpha value is -0.930. The second-order valence-electron chi connectivity index (χ2n) is 5.34. The molecule has 2 heterocycles. The van der Waals surface area contributed by atoms with E-state index in [1.807, 2.05) is 6.07 Å². The van der Waals surface area contributed by atoms with Gasteiger partial charge in [0.05, 0.1) is 0 Å². The van der Waals surface area contributed by atoms with E-state index < -0.39 is 0 Å². The number of ether oxygens (including phenoxy) is 2. The molecular formula is C15H20ClNO2. The van der Waals surface area contributed by atoms with Crippen LogP contribution < -0.4 is 14.8 Å². The number of hydrogen-bond acceptors (Lipinski definition) is 3. The van der Waals surface area contributed by atoms with E-state index in [0.717, 1.165) is 35.1 Å². The quantitative estimate of drug-likeness (QED) is 0.904. The lowest BCUT2D eigenvalue weighted by Gasteiger charge is -2.27. The summed E-state index contributed by atoms with van der Waals surface area (Å²) in [6, 6.07) is 2.44. The summed E-state index contributed by atoms with van der Waals surface area (Å²) in [5, 5.41) is 4.37. The molecule has 1 saturated heterocycles. The minimum Gasteiger partial charge on any atom is -0.486 e. The highest BCUT2D eigenvalue weighted by molar-refractivity contribution is 6.31. The number of hydrogen-bond donors (Lipinski definition) is 1. The highest BCUT2D eigenvalue weighted by Crippen LogP contribution is 2.40. The average Bonchev–Trinajstić information content (AvgIpc) is 2.45. The summed E-state index contributed by atoms with van der Waals surface area (Å²) < 4.78 is 11.3. The summed E-state index contributed by atoms with van der Waals surface area (Å²) >= 11 is 6.42. The van der Waals surface area contributed by atoms with Crippen molar-refractivity contribution in [2.75, 3.05) is 19.8 Å². The topological polar surface area (TPSA) is 30.5 Å². The van der Waals surface area contributed by atoms with Crippen LogP contribution in [0.25, 0.3) is 0 Å². The predicted octanol–water partition coefficient (Wildman–Crippen LogP) is 3.10. The average molecular weight is 282 g/mol. The first-order valence-corrected chi connectivity index (χ1v) is 7.44. The van der Waals surface area contributed by atoms with Crippen LogP contribution in [0, 0.1) is 6.92 Å². The van der Waals surface area contributed by atoms with Gasteiger partial charge in [-0.25, -0.2) is 0 Å². The summed E-state index contributed by atoms with van der Waals surface area (Å²) in [4.78, 5) is 0. The van der Waals surface area contributed by atoms with E-state index in [4.69, 9.17) is 21.1 Å². The molecule has 3 nitrogen and oxygen atoms in total. The van der Waals surface area contributed by atoms with Crippen molar-refractivity contribution in [1.29, 1.82) is 0 Å². The van der Waals surface area contributed by atoms with Crippen LogP contribution in [0.5, 0.6) is 11.5 Å². The van der Waals surface area contributed by atoms with Gasteiger partial charge in [-0.3, -0.25) is 0 Å². The highest BCUT2D eigenvalue weighted by Gasteiger charge is 2.22. The second kappa shape index (κ2) is 5.59. The Morgan fingerprint density at radius 3 is 2.95 bits per heavy atom. The molecule has 0 aromatic heterocycles. The van der Waals surface area contributed by atoms with Gasteiger partial charge in [0, 0.05) is 17.1 Å². The van der Waals surface area contributed by atoms with Crippen molar-refractivity contribution in [1.82, 2.24) is 5.32 Å². The van der Waals surface area contributed by atoms with Gasteiger partial charge in [0.2, 0.25) is 0 Å². The molecule has 1 unspecified atom stereocenters. The third-order valence-electron chi connectivity index (χ3n) is 4.01. The summed E-state index contributed by atoms with van der Waals surface area (Å²) in [5.41, 5.74) is 2.33. The van der Waals surface area contributed by atoms with Gasteiger partial charge in [0.15, 0.2) is 11.5 Å². The van der Waals surface area contributed by atoms with Crippen LogP contribution in [0.15, 0.2) is 6.07 Å². The van der Waals surface area contributed by atoms with Gasteiger partial charge in [-0.05, 0) is 43.9 Å². The Morgan fingerprint density at radius 2 is 2.16 bits per heavy atom. The van der Waals surface area contributed by atoms with E-state index in [1.165, 1.54) is 24.8 Å². The van der Waals surface area contributed by atoms with Gasteiger partial charge in [0.25, 0.3) is 0 Å². The lowest BCUT2D eigenvalue weighted by molar-refractivity contribution is 0.170. The lowest BCUT2D eigenvalue weighted by Crippen LogP contribution is -2.35. The maximum atomic E-state index is 6.42. The third kappa shape index (κ3) is 2.67. The maximum absolute atomic E-state index is 6.42. The molecule has 0 radical (unpaired) electrons. The SMILES string of the molecule is Cc1c(CC2CCCCN2)c(Cl)cc2c1OCCO2. The summed E-state index contributed by atoms with van der Waals surface area (Å²) in [7, 11) is 0. The first-order chi connectivity index (χ1) is 9.25. The van der Waals surface area contributed by atoms with Gasteiger partial charge >= 0.3 is 0 Å². The normalized spacial score (nSPS) is 22.3. The van der Waals surface area contributed by atoms with Crippen molar-refractivity contribution in [3.8, 4) is 11.5 Å². The van der Waals surface area contributed by atoms with Crippen molar-refractivity contribution < 1.29 is 9.47 Å². The first-order valence-electron chi connectivity index (χ1n) is 7.06. The molecule has 1 aromatic carbocycles. The predicted molar refractivity (Wildman–Crippen MR) is 76.5 cm³/mol. The zero-order valence-corrected chi connectivity index (χ0v) is 12.1. The van der Waals surface area contributed by atoms with Crippen LogP contribution in [0.2, 0.25) is 5.02 Å². The number of fused-ring (bicyclic) bond motifs is 1. The molecule has 104 valence electrons. The van der Waals surface area contributed by atoms with Crippen LogP contribution in [0.4, 0.5) is 0 Å². The summed E-state index contributed by atoms with van der Waals surface area (Å²) in [6.07, 6.45) is 4.79. The number of halogens is 1. The third-order valence-corrected chi connectivity index (χ3v) is 4.35. The fraction of sp³-hybridized carbons (Fsp3) is 0.600. The smallest absolute Gasteiger partial charge is 0.164 e. The van der Waals surface area contributed by atoms with E-state index in [1.54, 1.807) is 0 Å². The lowest BCUT2D eigenvalue weighted by atomic mass is 9.94. The highest BCUT2D eigenvalue weighted by atomic mass is 35.5. The van der Waals surface area contributed by atoms with Gasteiger partial charge < -0.3 is 14.8 Å². The van der Waals surface area contributed by atoms with Crippen LogP contribution >= 0.6 is 11.6 Å². The summed E-state index contributed by atoms with van der Waals surface area (Å²) in [6.45, 7) is 4.42. The van der Waals surface area contributed by atoms with Gasteiger partial charge in [-0.15, -0.1) is 0 Å².